The molecule has 0 aliphatic heterocycles. The van der Waals surface area contributed by atoms with E-state index in [0.29, 0.717) is 6.54 Å². The van der Waals surface area contributed by atoms with Gasteiger partial charge in [0.1, 0.15) is 5.82 Å². The summed E-state index contributed by atoms with van der Waals surface area (Å²) >= 11 is 0. The second kappa shape index (κ2) is 5.82. The molecule has 0 amide bonds. The normalized spacial score (nSPS) is 10.9. The van der Waals surface area contributed by atoms with Gasteiger partial charge in [-0.15, -0.1) is 0 Å². The predicted molar refractivity (Wildman–Crippen MR) is 68.7 cm³/mol. The van der Waals surface area contributed by atoms with Crippen LogP contribution in [-0.4, -0.2) is 44.1 Å². The Kier molecular flexibility index (Phi) is 4.71. The van der Waals surface area contributed by atoms with Crippen LogP contribution in [0.3, 0.4) is 0 Å². The van der Waals surface area contributed by atoms with Gasteiger partial charge in [-0.2, -0.15) is 0 Å². The van der Waals surface area contributed by atoms with E-state index >= 15 is 0 Å². The van der Waals surface area contributed by atoms with E-state index in [2.05, 4.69) is 42.9 Å². The molecular weight excluding hydrogens is 200 g/mol. The lowest BCUT2D eigenvalue weighted by molar-refractivity contribution is 0.416. The Balaban J connectivity index is 2.82. The maximum atomic E-state index is 5.77. The molecule has 4 nitrogen and oxygen atoms in total. The molecule has 16 heavy (non-hydrogen) atoms. The lowest BCUT2D eigenvalue weighted by atomic mass is 10.1. The summed E-state index contributed by atoms with van der Waals surface area (Å²) < 4.78 is 0. The number of aryl methyl sites for hydroxylation is 1. The molecule has 1 rings (SSSR count). The number of anilines is 1. The van der Waals surface area contributed by atoms with Gasteiger partial charge in [-0.25, -0.2) is 4.98 Å². The van der Waals surface area contributed by atoms with Gasteiger partial charge >= 0.3 is 0 Å². The molecule has 0 unspecified atom stereocenters. The second-order valence-corrected chi connectivity index (χ2v) is 4.36. The summed E-state index contributed by atoms with van der Waals surface area (Å²) in [6, 6.07) is 2.01. The van der Waals surface area contributed by atoms with E-state index in [0.717, 1.165) is 24.5 Å². The summed E-state index contributed by atoms with van der Waals surface area (Å²) in [5.41, 5.74) is 8.12. The molecule has 0 atom stereocenters. The Bertz CT molecular complexity index is 336. The van der Waals surface area contributed by atoms with Gasteiger partial charge in [0.15, 0.2) is 0 Å². The minimum atomic E-state index is 0.543. The van der Waals surface area contributed by atoms with Crippen molar-refractivity contribution < 1.29 is 0 Å². The summed E-state index contributed by atoms with van der Waals surface area (Å²) in [6.07, 6.45) is 1.84. The van der Waals surface area contributed by atoms with Crippen molar-refractivity contribution in [3.63, 3.8) is 0 Å². The van der Waals surface area contributed by atoms with E-state index in [1.54, 1.807) is 0 Å². The number of nitrogens with zero attached hydrogens (tertiary/aromatic N) is 3. The first-order valence-electron chi connectivity index (χ1n) is 5.56. The zero-order valence-corrected chi connectivity index (χ0v) is 10.7. The molecule has 4 heteroatoms. The maximum absolute atomic E-state index is 5.77. The van der Waals surface area contributed by atoms with Gasteiger partial charge in [0.2, 0.25) is 0 Å². The fourth-order valence-corrected chi connectivity index (χ4v) is 1.61. The number of pyridine rings is 1. The third kappa shape index (κ3) is 3.18. The van der Waals surface area contributed by atoms with E-state index in [4.69, 9.17) is 5.73 Å². The first-order chi connectivity index (χ1) is 7.56. The zero-order chi connectivity index (χ0) is 12.1. The highest BCUT2D eigenvalue weighted by Gasteiger charge is 2.09. The maximum Gasteiger partial charge on any atom is 0.133 e. The van der Waals surface area contributed by atoms with Crippen LogP contribution in [0.5, 0.6) is 0 Å². The number of rotatable bonds is 5. The van der Waals surface area contributed by atoms with Crippen LogP contribution in [0.15, 0.2) is 12.3 Å². The van der Waals surface area contributed by atoms with Gasteiger partial charge in [0, 0.05) is 38.4 Å². The Hall–Kier alpha value is -1.13. The topological polar surface area (TPSA) is 45.4 Å². The van der Waals surface area contributed by atoms with Crippen LogP contribution in [0, 0.1) is 6.92 Å². The molecule has 0 aliphatic rings. The van der Waals surface area contributed by atoms with Crippen molar-refractivity contribution in [2.75, 3.05) is 39.1 Å². The second-order valence-electron chi connectivity index (χ2n) is 4.36. The third-order valence-corrected chi connectivity index (χ3v) is 2.72. The molecule has 1 heterocycles. The first kappa shape index (κ1) is 12.9. The number of aromatic nitrogens is 1. The van der Waals surface area contributed by atoms with Crippen LogP contribution in [0.1, 0.15) is 11.1 Å². The van der Waals surface area contributed by atoms with Gasteiger partial charge < -0.3 is 15.5 Å². The predicted octanol–water partition coefficient (Wildman–Crippen LogP) is 0.847. The van der Waals surface area contributed by atoms with Crippen molar-refractivity contribution in [2.45, 2.75) is 13.5 Å². The SMILES string of the molecule is Cc1ccnc(N(C)CCN(C)C)c1CN. The van der Waals surface area contributed by atoms with E-state index in [9.17, 15) is 0 Å². The molecule has 0 saturated heterocycles. The summed E-state index contributed by atoms with van der Waals surface area (Å²) in [7, 11) is 6.20. The van der Waals surface area contributed by atoms with Crippen LogP contribution < -0.4 is 10.6 Å². The number of likely N-dealkylation sites (N-methyl/N-ethyl adjacent to an activating group) is 2. The lowest BCUT2D eigenvalue weighted by Crippen LogP contribution is -2.30. The molecule has 0 spiro atoms. The fourth-order valence-electron chi connectivity index (χ4n) is 1.61. The monoisotopic (exact) mass is 222 g/mol. The molecule has 0 aromatic carbocycles. The molecule has 0 aliphatic carbocycles. The van der Waals surface area contributed by atoms with Gasteiger partial charge in [0.25, 0.3) is 0 Å². The van der Waals surface area contributed by atoms with Crippen molar-refractivity contribution >= 4 is 5.82 Å². The molecule has 0 radical (unpaired) electrons. The molecule has 1 aromatic rings. The fraction of sp³-hybridized carbons (Fsp3) is 0.583. The molecule has 2 N–H and O–H groups in total. The van der Waals surface area contributed by atoms with E-state index in [1.165, 1.54) is 5.56 Å². The summed E-state index contributed by atoms with van der Waals surface area (Å²) in [4.78, 5) is 8.74. The van der Waals surface area contributed by atoms with Gasteiger partial charge in [-0.3, -0.25) is 0 Å². The highest BCUT2D eigenvalue weighted by Crippen LogP contribution is 2.18. The Labute approximate surface area is 98.1 Å². The smallest absolute Gasteiger partial charge is 0.133 e. The van der Waals surface area contributed by atoms with Crippen molar-refractivity contribution in [3.05, 3.63) is 23.4 Å². The minimum Gasteiger partial charge on any atom is -0.358 e. The lowest BCUT2D eigenvalue weighted by Gasteiger charge is -2.23. The van der Waals surface area contributed by atoms with Gasteiger partial charge in [-0.05, 0) is 32.6 Å². The largest absolute Gasteiger partial charge is 0.358 e. The number of hydrogen-bond acceptors (Lipinski definition) is 4. The summed E-state index contributed by atoms with van der Waals surface area (Å²) in [6.45, 7) is 4.58. The number of nitrogens with two attached hydrogens (primary N) is 1. The third-order valence-electron chi connectivity index (χ3n) is 2.72. The van der Waals surface area contributed by atoms with Crippen LogP contribution in [-0.2, 0) is 6.54 Å². The van der Waals surface area contributed by atoms with E-state index < -0.39 is 0 Å². The molecule has 1 aromatic heterocycles. The quantitative estimate of drug-likeness (QED) is 0.802. The Morgan fingerprint density at radius 3 is 2.50 bits per heavy atom. The average Bonchev–Trinajstić information content (AvgIpc) is 2.25. The summed E-state index contributed by atoms with van der Waals surface area (Å²) in [5.74, 6) is 1.00. The van der Waals surface area contributed by atoms with Crippen molar-refractivity contribution in [1.29, 1.82) is 0 Å². The molecule has 0 bridgehead atoms. The Morgan fingerprint density at radius 1 is 1.25 bits per heavy atom. The molecule has 0 fully saturated rings. The van der Waals surface area contributed by atoms with Crippen molar-refractivity contribution in [1.82, 2.24) is 9.88 Å². The van der Waals surface area contributed by atoms with Crippen LogP contribution in [0.4, 0.5) is 5.82 Å². The average molecular weight is 222 g/mol. The highest BCUT2D eigenvalue weighted by molar-refractivity contribution is 5.49. The number of hydrogen-bond donors (Lipinski definition) is 1. The van der Waals surface area contributed by atoms with E-state index in [-0.39, 0.29) is 0 Å². The Morgan fingerprint density at radius 2 is 1.94 bits per heavy atom. The van der Waals surface area contributed by atoms with Gasteiger partial charge in [0.05, 0.1) is 0 Å². The molecule has 90 valence electrons. The first-order valence-corrected chi connectivity index (χ1v) is 5.56. The van der Waals surface area contributed by atoms with Gasteiger partial charge in [-0.1, -0.05) is 0 Å². The van der Waals surface area contributed by atoms with Crippen LogP contribution in [0.25, 0.3) is 0 Å². The van der Waals surface area contributed by atoms with Crippen molar-refractivity contribution in [2.24, 2.45) is 5.73 Å². The van der Waals surface area contributed by atoms with E-state index in [1.807, 2.05) is 12.3 Å². The van der Waals surface area contributed by atoms with Crippen LogP contribution >= 0.6 is 0 Å². The standard InChI is InChI=1S/C12H22N4/c1-10-5-6-14-12(11(10)9-13)16(4)8-7-15(2)3/h5-6H,7-9,13H2,1-4H3. The minimum absolute atomic E-state index is 0.543. The zero-order valence-electron chi connectivity index (χ0n) is 10.7. The summed E-state index contributed by atoms with van der Waals surface area (Å²) in [5, 5.41) is 0. The highest BCUT2D eigenvalue weighted by atomic mass is 15.2. The molecular formula is C12H22N4. The molecule has 0 saturated carbocycles. The van der Waals surface area contributed by atoms with Crippen molar-refractivity contribution in [3.8, 4) is 0 Å². The van der Waals surface area contributed by atoms with Crippen LogP contribution in [0.2, 0.25) is 0 Å².